The molecule has 1 atom stereocenters. The van der Waals surface area contributed by atoms with Crippen molar-refractivity contribution in [2.45, 2.75) is 25.0 Å². The van der Waals surface area contributed by atoms with Crippen LogP contribution in [0.4, 0.5) is 5.82 Å². The monoisotopic (exact) mass is 275 g/mol. The molecule has 1 heterocycles. The number of aromatic nitrogens is 2. The van der Waals surface area contributed by atoms with Crippen molar-refractivity contribution in [3.63, 3.8) is 0 Å². The van der Waals surface area contributed by atoms with E-state index < -0.39 is 0 Å². The smallest absolute Gasteiger partial charge is 0.190 e. The van der Waals surface area contributed by atoms with Gasteiger partial charge in [-0.25, -0.2) is 9.97 Å². The minimum atomic E-state index is 0.255. The first-order chi connectivity index (χ1) is 8.12. The van der Waals surface area contributed by atoms with Gasteiger partial charge in [0.05, 0.1) is 12.6 Å². The fourth-order valence-electron chi connectivity index (χ4n) is 1.65. The summed E-state index contributed by atoms with van der Waals surface area (Å²) < 4.78 is 5.17. The highest BCUT2D eigenvalue weighted by molar-refractivity contribution is 7.98. The molecule has 0 aromatic carbocycles. The van der Waals surface area contributed by atoms with E-state index in [2.05, 4.69) is 28.7 Å². The molecule has 0 bridgehead atoms. The zero-order chi connectivity index (χ0) is 12.8. The molecule has 1 aromatic heterocycles. The molecular weight excluding hydrogens is 258 g/mol. The van der Waals surface area contributed by atoms with Gasteiger partial charge < -0.3 is 9.64 Å². The summed E-state index contributed by atoms with van der Waals surface area (Å²) in [6.07, 6.45) is 1.93. The van der Waals surface area contributed by atoms with Crippen molar-refractivity contribution in [1.29, 1.82) is 0 Å². The number of hydrogen-bond donors (Lipinski definition) is 0. The van der Waals surface area contributed by atoms with Gasteiger partial charge >= 0.3 is 0 Å². The first-order valence-electron chi connectivity index (χ1n) is 5.46. The van der Waals surface area contributed by atoms with E-state index in [9.17, 15) is 0 Å². The van der Waals surface area contributed by atoms with Crippen LogP contribution in [0.25, 0.3) is 0 Å². The predicted octanol–water partition coefficient (Wildman–Crippen LogP) is 2.71. The lowest BCUT2D eigenvalue weighted by atomic mass is 10.3. The van der Waals surface area contributed by atoms with E-state index in [1.807, 2.05) is 6.26 Å². The van der Waals surface area contributed by atoms with E-state index >= 15 is 0 Å². The van der Waals surface area contributed by atoms with Crippen molar-refractivity contribution in [2.75, 3.05) is 31.4 Å². The third-order valence-corrected chi connectivity index (χ3v) is 3.16. The molecule has 0 aliphatic heterocycles. The summed E-state index contributed by atoms with van der Waals surface area (Å²) >= 11 is 7.47. The Bertz CT molecular complexity index is 365. The molecule has 4 nitrogen and oxygen atoms in total. The summed E-state index contributed by atoms with van der Waals surface area (Å²) in [5.74, 6) is 0.849. The standard InChI is InChI=1S/C11H18ClN3OS/c1-5-15(8(2)7-16-3)10-6-9(12)13-11(14-10)17-4/h6,8H,5,7H2,1-4H3. The number of ether oxygens (including phenoxy) is 1. The number of likely N-dealkylation sites (N-methyl/N-ethyl adjacent to an activating group) is 1. The van der Waals surface area contributed by atoms with Crippen LogP contribution in [0.15, 0.2) is 11.2 Å². The van der Waals surface area contributed by atoms with E-state index in [-0.39, 0.29) is 6.04 Å². The van der Waals surface area contributed by atoms with Crippen LogP contribution in [0.2, 0.25) is 5.15 Å². The van der Waals surface area contributed by atoms with Crippen molar-refractivity contribution in [2.24, 2.45) is 0 Å². The molecule has 17 heavy (non-hydrogen) atoms. The molecule has 0 spiro atoms. The second kappa shape index (κ2) is 7.03. The number of methoxy groups -OCH3 is 1. The average molecular weight is 276 g/mol. The predicted molar refractivity (Wildman–Crippen MR) is 73.2 cm³/mol. The Balaban J connectivity index is 2.98. The van der Waals surface area contributed by atoms with Crippen molar-refractivity contribution in [1.82, 2.24) is 9.97 Å². The quantitative estimate of drug-likeness (QED) is 0.453. The van der Waals surface area contributed by atoms with Crippen LogP contribution < -0.4 is 4.90 Å². The summed E-state index contributed by atoms with van der Waals surface area (Å²) in [5, 5.41) is 1.16. The van der Waals surface area contributed by atoms with Crippen LogP contribution in [0.3, 0.4) is 0 Å². The normalized spacial score (nSPS) is 12.5. The van der Waals surface area contributed by atoms with Gasteiger partial charge in [-0.2, -0.15) is 0 Å². The highest BCUT2D eigenvalue weighted by Crippen LogP contribution is 2.21. The summed E-state index contributed by atoms with van der Waals surface area (Å²) in [7, 11) is 1.70. The van der Waals surface area contributed by atoms with E-state index in [0.29, 0.717) is 16.9 Å². The molecule has 1 aromatic rings. The minimum Gasteiger partial charge on any atom is -0.383 e. The molecule has 0 radical (unpaired) electrons. The number of anilines is 1. The highest BCUT2D eigenvalue weighted by atomic mass is 35.5. The SMILES string of the molecule is CCN(c1cc(Cl)nc(SC)n1)C(C)COC. The van der Waals surface area contributed by atoms with E-state index in [1.165, 1.54) is 11.8 Å². The Morgan fingerprint density at radius 3 is 2.76 bits per heavy atom. The van der Waals surface area contributed by atoms with Crippen molar-refractivity contribution >= 4 is 29.2 Å². The fourth-order valence-corrected chi connectivity index (χ4v) is 2.26. The first-order valence-corrected chi connectivity index (χ1v) is 7.06. The maximum absolute atomic E-state index is 5.99. The average Bonchev–Trinajstić information content (AvgIpc) is 2.29. The summed E-state index contributed by atoms with van der Waals surface area (Å²) in [6, 6.07) is 2.04. The molecule has 0 N–H and O–H groups in total. The Morgan fingerprint density at radius 2 is 2.24 bits per heavy atom. The minimum absolute atomic E-state index is 0.255. The van der Waals surface area contributed by atoms with E-state index in [4.69, 9.17) is 16.3 Å². The maximum Gasteiger partial charge on any atom is 0.190 e. The van der Waals surface area contributed by atoms with Crippen LogP contribution in [0.1, 0.15) is 13.8 Å². The number of hydrogen-bond acceptors (Lipinski definition) is 5. The molecule has 0 aliphatic rings. The number of thioether (sulfide) groups is 1. The molecule has 96 valence electrons. The van der Waals surface area contributed by atoms with Gasteiger partial charge in [-0.1, -0.05) is 23.4 Å². The molecule has 0 saturated carbocycles. The van der Waals surface area contributed by atoms with Crippen molar-refractivity contribution < 1.29 is 4.74 Å². The van der Waals surface area contributed by atoms with Gasteiger partial charge in [0.2, 0.25) is 0 Å². The summed E-state index contributed by atoms with van der Waals surface area (Å²) in [5.41, 5.74) is 0. The van der Waals surface area contributed by atoms with Gasteiger partial charge in [0.1, 0.15) is 11.0 Å². The lowest BCUT2D eigenvalue weighted by molar-refractivity contribution is 0.181. The molecule has 0 fully saturated rings. The van der Waals surface area contributed by atoms with Crippen molar-refractivity contribution in [3.8, 4) is 0 Å². The molecular formula is C11H18ClN3OS. The van der Waals surface area contributed by atoms with Gasteiger partial charge in [0.15, 0.2) is 5.16 Å². The largest absolute Gasteiger partial charge is 0.383 e. The fraction of sp³-hybridized carbons (Fsp3) is 0.636. The lowest BCUT2D eigenvalue weighted by Crippen LogP contribution is -2.36. The van der Waals surface area contributed by atoms with E-state index in [1.54, 1.807) is 13.2 Å². The Morgan fingerprint density at radius 1 is 1.53 bits per heavy atom. The lowest BCUT2D eigenvalue weighted by Gasteiger charge is -2.28. The third-order valence-electron chi connectivity index (χ3n) is 2.42. The summed E-state index contributed by atoms with van der Waals surface area (Å²) in [6.45, 7) is 5.69. The van der Waals surface area contributed by atoms with Crippen LogP contribution in [-0.2, 0) is 4.74 Å². The molecule has 6 heteroatoms. The summed E-state index contributed by atoms with van der Waals surface area (Å²) in [4.78, 5) is 10.7. The van der Waals surface area contributed by atoms with Crippen LogP contribution in [0.5, 0.6) is 0 Å². The highest BCUT2D eigenvalue weighted by Gasteiger charge is 2.15. The Kier molecular flexibility index (Phi) is 6.02. The Labute approximate surface area is 112 Å². The maximum atomic E-state index is 5.99. The van der Waals surface area contributed by atoms with E-state index in [0.717, 1.165) is 12.4 Å². The second-order valence-electron chi connectivity index (χ2n) is 3.63. The van der Waals surface area contributed by atoms with Crippen LogP contribution in [-0.4, -0.2) is 42.5 Å². The van der Waals surface area contributed by atoms with Gasteiger partial charge in [0, 0.05) is 19.7 Å². The molecule has 0 saturated heterocycles. The second-order valence-corrected chi connectivity index (χ2v) is 4.79. The number of nitrogens with zero attached hydrogens (tertiary/aromatic N) is 3. The Hall–Kier alpha value is -0.520. The van der Waals surface area contributed by atoms with Gasteiger partial charge in [-0.05, 0) is 20.1 Å². The third kappa shape index (κ3) is 4.01. The van der Waals surface area contributed by atoms with Gasteiger partial charge in [-0.15, -0.1) is 0 Å². The van der Waals surface area contributed by atoms with Gasteiger partial charge in [0.25, 0.3) is 0 Å². The van der Waals surface area contributed by atoms with Crippen molar-refractivity contribution in [3.05, 3.63) is 11.2 Å². The molecule has 0 aliphatic carbocycles. The molecule has 1 rings (SSSR count). The number of halogens is 1. The topological polar surface area (TPSA) is 38.2 Å². The van der Waals surface area contributed by atoms with Gasteiger partial charge in [-0.3, -0.25) is 0 Å². The molecule has 0 amide bonds. The van der Waals surface area contributed by atoms with Crippen LogP contribution in [0, 0.1) is 0 Å². The van der Waals surface area contributed by atoms with Crippen LogP contribution >= 0.6 is 23.4 Å². The zero-order valence-corrected chi connectivity index (χ0v) is 12.2. The first kappa shape index (κ1) is 14.5. The number of rotatable bonds is 6. The zero-order valence-electron chi connectivity index (χ0n) is 10.6. The molecule has 1 unspecified atom stereocenters.